The second kappa shape index (κ2) is 76.8. The highest BCUT2D eigenvalue weighted by Gasteiger charge is 2.29. The SMILES string of the molecule is CC/C=C\C/C=C\C/C=C\C/C=C\C/C=C\C/C=C\CCCCCCCCCCCCCCCCC(=O)OCC(O)COP(=O)(O)OCC(O)COP(=O)(O)OCC(COC(=O)CCCCCC/C=C\C/C=C\C/C=C\C/C=C\C/C=C\C/C=C\CC)OC(=O)CCCCCCC/C=C\CCCC. The molecule has 0 spiro atoms. The van der Waals surface area contributed by atoms with Gasteiger partial charge in [0.1, 0.15) is 25.4 Å². The van der Waals surface area contributed by atoms with Crippen molar-refractivity contribution in [1.82, 2.24) is 0 Å². The third-order valence-corrected chi connectivity index (χ3v) is 18.1. The maximum absolute atomic E-state index is 12.9. The molecule has 0 aromatic carbocycles. The second-order valence-corrected chi connectivity index (χ2v) is 29.0. The Kier molecular flexibility index (Phi) is 73.2. The highest BCUT2D eigenvalue weighted by atomic mass is 31.2. The van der Waals surface area contributed by atoms with Gasteiger partial charge in [-0.15, -0.1) is 0 Å². The van der Waals surface area contributed by atoms with Crippen molar-refractivity contribution in [3.63, 3.8) is 0 Å². The van der Waals surface area contributed by atoms with E-state index in [9.17, 15) is 43.5 Å². The lowest BCUT2D eigenvalue weighted by atomic mass is 10.0. The summed E-state index contributed by atoms with van der Waals surface area (Å²) in [6, 6.07) is 0. The Morgan fingerprint density at radius 1 is 0.282 bits per heavy atom. The summed E-state index contributed by atoms with van der Waals surface area (Å²) in [5.41, 5.74) is 0. The van der Waals surface area contributed by atoms with Gasteiger partial charge in [0, 0.05) is 19.3 Å². The second-order valence-electron chi connectivity index (χ2n) is 26.1. The summed E-state index contributed by atoms with van der Waals surface area (Å²) in [6.07, 6.45) is 96.0. The van der Waals surface area contributed by atoms with Crippen molar-refractivity contribution in [2.75, 3.05) is 39.6 Å². The number of allylic oxidation sites excluding steroid dienone is 26. The first-order valence-electron chi connectivity index (χ1n) is 39.8. The largest absolute Gasteiger partial charge is 0.472 e. The molecule has 0 aliphatic carbocycles. The number of hydrogen-bond acceptors (Lipinski definition) is 14. The quantitative estimate of drug-likeness (QED) is 0.0146. The number of unbranched alkanes of at least 4 members (excludes halogenated alkanes) is 25. The molecule has 103 heavy (non-hydrogen) atoms. The van der Waals surface area contributed by atoms with Gasteiger partial charge >= 0.3 is 33.6 Å². The normalized spacial score (nSPS) is 14.8. The monoisotopic (exact) mass is 1480 g/mol. The molecule has 0 saturated heterocycles. The fourth-order valence-corrected chi connectivity index (χ4v) is 11.8. The van der Waals surface area contributed by atoms with Crippen molar-refractivity contribution in [1.29, 1.82) is 0 Å². The maximum Gasteiger partial charge on any atom is 0.472 e. The van der Waals surface area contributed by atoms with E-state index in [1.165, 1.54) is 77.0 Å². The van der Waals surface area contributed by atoms with Gasteiger partial charge in [0.25, 0.3) is 0 Å². The molecule has 5 unspecified atom stereocenters. The maximum atomic E-state index is 12.9. The van der Waals surface area contributed by atoms with Crippen LogP contribution in [0.3, 0.4) is 0 Å². The van der Waals surface area contributed by atoms with Gasteiger partial charge in [-0.05, 0) is 141 Å². The van der Waals surface area contributed by atoms with Crippen LogP contribution in [-0.4, -0.2) is 95.9 Å². The van der Waals surface area contributed by atoms with Crippen LogP contribution >= 0.6 is 15.6 Å². The molecular formula is C85H142O16P2. The zero-order valence-corrected chi connectivity index (χ0v) is 66.0. The van der Waals surface area contributed by atoms with Gasteiger partial charge in [-0.2, -0.15) is 0 Å². The Morgan fingerprint density at radius 2 is 0.515 bits per heavy atom. The van der Waals surface area contributed by atoms with E-state index >= 15 is 0 Å². The number of carbonyl (C=O) groups is 3. The third kappa shape index (κ3) is 78.1. The van der Waals surface area contributed by atoms with Crippen LogP contribution in [0.15, 0.2) is 158 Å². The number of phosphoric acid groups is 2. The predicted molar refractivity (Wildman–Crippen MR) is 426 cm³/mol. The minimum Gasteiger partial charge on any atom is -0.463 e. The molecule has 4 N–H and O–H groups in total. The van der Waals surface area contributed by atoms with Gasteiger partial charge in [0.15, 0.2) is 6.10 Å². The molecule has 0 aliphatic rings. The summed E-state index contributed by atoms with van der Waals surface area (Å²) in [4.78, 5) is 58.5. The van der Waals surface area contributed by atoms with Crippen LogP contribution in [0, 0.1) is 0 Å². The van der Waals surface area contributed by atoms with Crippen LogP contribution in [0.4, 0.5) is 0 Å². The molecule has 0 aromatic heterocycles. The van der Waals surface area contributed by atoms with Gasteiger partial charge in [-0.3, -0.25) is 32.5 Å². The fourth-order valence-electron chi connectivity index (χ4n) is 10.2. The zero-order chi connectivity index (χ0) is 75.2. The van der Waals surface area contributed by atoms with Crippen molar-refractivity contribution in [3.8, 4) is 0 Å². The summed E-state index contributed by atoms with van der Waals surface area (Å²) in [7, 11) is -9.80. The van der Waals surface area contributed by atoms with E-state index in [1.54, 1.807) is 0 Å². The first-order chi connectivity index (χ1) is 50.2. The molecule has 0 amide bonds. The summed E-state index contributed by atoms with van der Waals surface area (Å²) in [5, 5.41) is 20.6. The Morgan fingerprint density at radius 3 is 0.825 bits per heavy atom. The predicted octanol–water partition coefficient (Wildman–Crippen LogP) is 23.4. The highest BCUT2D eigenvalue weighted by molar-refractivity contribution is 7.47. The number of rotatable bonds is 74. The number of carbonyl (C=O) groups excluding carboxylic acids is 3. The average Bonchev–Trinajstić information content (AvgIpc) is 0.914. The Hall–Kier alpha value is -4.83. The molecule has 5 atom stereocenters. The van der Waals surface area contributed by atoms with Crippen molar-refractivity contribution >= 4 is 33.6 Å². The number of ether oxygens (including phenoxy) is 3. The molecule has 0 fully saturated rings. The van der Waals surface area contributed by atoms with Crippen LogP contribution in [0.5, 0.6) is 0 Å². The minimum absolute atomic E-state index is 0.0842. The lowest BCUT2D eigenvalue weighted by molar-refractivity contribution is -0.161. The minimum atomic E-state index is -4.94. The van der Waals surface area contributed by atoms with Gasteiger partial charge in [-0.25, -0.2) is 9.13 Å². The van der Waals surface area contributed by atoms with Crippen LogP contribution in [-0.2, 0) is 55.8 Å². The van der Waals surface area contributed by atoms with Crippen LogP contribution in [0.2, 0.25) is 0 Å². The van der Waals surface area contributed by atoms with E-state index in [1.807, 2.05) is 0 Å². The zero-order valence-electron chi connectivity index (χ0n) is 64.2. The van der Waals surface area contributed by atoms with Crippen molar-refractivity contribution < 1.29 is 75.8 Å². The molecule has 16 nitrogen and oxygen atoms in total. The number of hydrogen-bond donors (Lipinski definition) is 4. The van der Waals surface area contributed by atoms with Crippen LogP contribution in [0.25, 0.3) is 0 Å². The van der Waals surface area contributed by atoms with Crippen molar-refractivity contribution in [2.24, 2.45) is 0 Å². The Bertz CT molecular complexity index is 2500. The topological polar surface area (TPSA) is 231 Å². The number of aliphatic hydroxyl groups excluding tert-OH is 2. The van der Waals surface area contributed by atoms with Crippen LogP contribution in [0.1, 0.15) is 303 Å². The van der Waals surface area contributed by atoms with Crippen molar-refractivity contribution in [2.45, 2.75) is 322 Å². The molecule has 0 saturated carbocycles. The van der Waals surface area contributed by atoms with Gasteiger partial charge < -0.3 is 34.2 Å². The van der Waals surface area contributed by atoms with Crippen LogP contribution < -0.4 is 0 Å². The molecule has 588 valence electrons. The lowest BCUT2D eigenvalue weighted by Crippen LogP contribution is -2.30. The standard InChI is InChI=1S/C85H142O16P2/c1-4-7-10-13-16-19-22-24-26-28-30-32-34-35-36-37-38-39-40-41-42-43-45-47-48-50-52-54-57-59-62-65-68-71-83(88)95-74-80(86)75-97-102(91,92)98-76-81(87)77-99-103(93,94)100-79-82(101-85(90)73-70-67-64-61-56-21-18-15-12-9-6-3)78-96-84(89)72-69-66-63-60-58-55-53-51-49-46-44-33-31-29-27-25-23-20-17-14-11-8-5-2/h7-8,10-11,15-20,24-27,30-33,35-36,38-39,46,49,53,55,80-82,86-87H,4-6,9,12-14,21-23,28-29,34,37,40-45,47-48,50-52,54,56-79H2,1-3H3,(H,91,92)(H,93,94)/b10-7-,11-8-,18-15-,19-16-,20-17-,26-24-,27-25-,32-30-,33-31-,36-35-,39-38-,49-46-,55-53-. The van der Waals surface area contributed by atoms with E-state index in [0.717, 1.165) is 167 Å². The average molecular weight is 1480 g/mol. The summed E-state index contributed by atoms with van der Waals surface area (Å²) < 4.78 is 61.0. The molecule has 0 radical (unpaired) electrons. The molecule has 0 aliphatic heterocycles. The van der Waals surface area contributed by atoms with E-state index in [2.05, 4.69) is 179 Å². The molecule has 0 bridgehead atoms. The Labute approximate surface area is 625 Å². The molecule has 18 heteroatoms. The van der Waals surface area contributed by atoms with Crippen molar-refractivity contribution in [3.05, 3.63) is 158 Å². The third-order valence-electron chi connectivity index (χ3n) is 16.2. The summed E-state index contributed by atoms with van der Waals surface area (Å²) in [6.45, 7) is 2.36. The molecule has 0 heterocycles. The summed E-state index contributed by atoms with van der Waals surface area (Å²) >= 11 is 0. The molecule has 0 rings (SSSR count). The van der Waals surface area contributed by atoms with E-state index in [-0.39, 0.29) is 19.3 Å². The first-order valence-corrected chi connectivity index (χ1v) is 42.8. The number of esters is 3. The molecular weight excluding hydrogens is 1340 g/mol. The molecule has 0 aromatic rings. The fraction of sp³-hybridized carbons (Fsp3) is 0.659. The first kappa shape index (κ1) is 98.2. The van der Waals surface area contributed by atoms with Gasteiger partial charge in [-0.1, -0.05) is 301 Å². The van der Waals surface area contributed by atoms with Gasteiger partial charge in [0.2, 0.25) is 0 Å². The Balaban J connectivity index is 4.43. The highest BCUT2D eigenvalue weighted by Crippen LogP contribution is 2.45. The lowest BCUT2D eigenvalue weighted by Gasteiger charge is -2.21. The summed E-state index contributed by atoms with van der Waals surface area (Å²) in [5.74, 6) is -1.62. The van der Waals surface area contributed by atoms with Gasteiger partial charge in [0.05, 0.1) is 26.4 Å². The van der Waals surface area contributed by atoms with E-state index < -0.39 is 91.5 Å². The smallest absolute Gasteiger partial charge is 0.463 e. The number of phosphoric ester groups is 2. The van der Waals surface area contributed by atoms with E-state index in [4.69, 9.17) is 32.3 Å². The number of aliphatic hydroxyl groups is 2. The van der Waals surface area contributed by atoms with E-state index in [0.29, 0.717) is 19.3 Å².